The van der Waals surface area contributed by atoms with E-state index in [0.717, 1.165) is 18.2 Å². The predicted molar refractivity (Wildman–Crippen MR) is 130 cm³/mol. The Morgan fingerprint density at radius 2 is 1.19 bits per heavy atom. The van der Waals surface area contributed by atoms with Gasteiger partial charge in [0.1, 0.15) is 16.3 Å². The number of nitrogens with zero attached hydrogens (tertiary/aromatic N) is 6. The Bertz CT molecular complexity index is 1580. The van der Waals surface area contributed by atoms with Gasteiger partial charge in [0.15, 0.2) is 11.4 Å². The van der Waals surface area contributed by atoms with Crippen molar-refractivity contribution in [3.05, 3.63) is 72.7 Å². The highest BCUT2D eigenvalue weighted by molar-refractivity contribution is 7.86. The van der Waals surface area contributed by atoms with E-state index < -0.39 is 59.0 Å². The van der Waals surface area contributed by atoms with Crippen LogP contribution in [0.5, 0.6) is 0 Å². The highest BCUT2D eigenvalue weighted by Gasteiger charge is 2.23. The van der Waals surface area contributed by atoms with Crippen molar-refractivity contribution in [2.24, 2.45) is 20.5 Å². The molecule has 0 bridgehead atoms. The van der Waals surface area contributed by atoms with Gasteiger partial charge in [-0.05, 0) is 30.3 Å². The molecule has 0 aromatic heterocycles. The molecule has 0 amide bonds. The molecule has 0 aliphatic rings. The fraction of sp³-hybridized carbons (Fsp3) is 0. The standard InChI is InChI=1S/C18H12Cl2N8O7S/c19-8-1-3-10(13(5-8)27(29)30)23-25-12-7-15(36(33,34)35)17(22)18(16(12)21)26-24-11-4-2-9(20)6-14(11)28(31)32/h1-7H,21-22H2,(H,33,34,35). The van der Waals surface area contributed by atoms with Crippen LogP contribution in [0.4, 0.5) is 45.5 Å². The molecule has 15 nitrogen and oxygen atoms in total. The first-order valence-electron chi connectivity index (χ1n) is 9.20. The molecular formula is C18H12Cl2N8O7S. The number of nitro benzene ring substituents is 2. The Labute approximate surface area is 211 Å². The fourth-order valence-corrected chi connectivity index (χ4v) is 3.70. The average molecular weight is 555 g/mol. The molecule has 36 heavy (non-hydrogen) atoms. The number of benzene rings is 3. The Hall–Kier alpha value is -4.25. The first-order chi connectivity index (χ1) is 16.8. The lowest BCUT2D eigenvalue weighted by Gasteiger charge is -2.10. The topological polar surface area (TPSA) is 242 Å². The van der Waals surface area contributed by atoms with Crippen LogP contribution in [0.2, 0.25) is 10.0 Å². The van der Waals surface area contributed by atoms with Crippen molar-refractivity contribution in [3.63, 3.8) is 0 Å². The molecule has 0 saturated carbocycles. The molecule has 0 unspecified atom stereocenters. The van der Waals surface area contributed by atoms with Gasteiger partial charge in [-0.1, -0.05) is 23.2 Å². The summed E-state index contributed by atoms with van der Waals surface area (Å²) >= 11 is 11.5. The van der Waals surface area contributed by atoms with E-state index in [-0.39, 0.29) is 21.4 Å². The molecule has 3 aromatic rings. The zero-order chi connectivity index (χ0) is 26.8. The van der Waals surface area contributed by atoms with Crippen molar-refractivity contribution in [2.75, 3.05) is 11.5 Å². The van der Waals surface area contributed by atoms with Gasteiger partial charge in [-0.15, -0.1) is 20.5 Å². The first kappa shape index (κ1) is 26.4. The molecule has 0 spiro atoms. The molecule has 0 radical (unpaired) electrons. The normalized spacial score (nSPS) is 11.9. The predicted octanol–water partition coefficient (Wildman–Crippen LogP) is 6.05. The van der Waals surface area contributed by atoms with E-state index in [4.69, 9.17) is 34.7 Å². The number of nitrogens with two attached hydrogens (primary N) is 2. The van der Waals surface area contributed by atoms with Gasteiger partial charge >= 0.3 is 0 Å². The second kappa shape index (κ2) is 10.2. The van der Waals surface area contributed by atoms with Crippen LogP contribution < -0.4 is 11.5 Å². The van der Waals surface area contributed by atoms with Crippen molar-refractivity contribution in [2.45, 2.75) is 4.90 Å². The molecule has 0 aliphatic carbocycles. The maximum Gasteiger partial charge on any atom is 0.298 e. The quantitative estimate of drug-likeness (QED) is 0.101. The largest absolute Gasteiger partial charge is 0.396 e. The molecule has 186 valence electrons. The molecule has 0 aliphatic heterocycles. The zero-order valence-corrected chi connectivity index (χ0v) is 19.8. The van der Waals surface area contributed by atoms with Crippen LogP contribution in [-0.4, -0.2) is 22.8 Å². The third-order valence-corrected chi connectivity index (χ3v) is 5.75. The fourth-order valence-electron chi connectivity index (χ4n) is 2.73. The van der Waals surface area contributed by atoms with Crippen LogP contribution in [0, 0.1) is 20.2 Å². The third-order valence-electron chi connectivity index (χ3n) is 4.39. The van der Waals surface area contributed by atoms with Crippen molar-refractivity contribution in [1.29, 1.82) is 0 Å². The maximum atomic E-state index is 11.9. The van der Waals surface area contributed by atoms with Gasteiger partial charge in [0.2, 0.25) is 0 Å². The van der Waals surface area contributed by atoms with Crippen molar-refractivity contribution >= 4 is 78.8 Å². The lowest BCUT2D eigenvalue weighted by molar-refractivity contribution is -0.384. The highest BCUT2D eigenvalue weighted by Crippen LogP contribution is 2.44. The summed E-state index contributed by atoms with van der Waals surface area (Å²) in [6.07, 6.45) is 0. The highest BCUT2D eigenvalue weighted by atomic mass is 35.5. The molecule has 0 saturated heterocycles. The van der Waals surface area contributed by atoms with E-state index in [1.165, 1.54) is 24.3 Å². The summed E-state index contributed by atoms with van der Waals surface area (Å²) in [4.78, 5) is 20.1. The van der Waals surface area contributed by atoms with E-state index in [0.29, 0.717) is 0 Å². The summed E-state index contributed by atoms with van der Waals surface area (Å²) < 4.78 is 33.3. The lowest BCUT2D eigenvalue weighted by atomic mass is 10.2. The second-order valence-corrected chi connectivity index (χ2v) is 8.99. The van der Waals surface area contributed by atoms with Gasteiger partial charge in [-0.3, -0.25) is 24.8 Å². The molecule has 0 heterocycles. The number of hydrogen-bond donors (Lipinski definition) is 3. The number of rotatable bonds is 7. The third kappa shape index (κ3) is 5.69. The summed E-state index contributed by atoms with van der Waals surface area (Å²) in [6.45, 7) is 0. The zero-order valence-electron chi connectivity index (χ0n) is 17.4. The van der Waals surface area contributed by atoms with Crippen LogP contribution in [0.1, 0.15) is 0 Å². The minimum atomic E-state index is -4.95. The average Bonchev–Trinajstić information content (AvgIpc) is 2.78. The molecule has 3 rings (SSSR count). The number of nitrogen functional groups attached to an aromatic ring is 2. The van der Waals surface area contributed by atoms with E-state index >= 15 is 0 Å². The van der Waals surface area contributed by atoms with Gasteiger partial charge in [0.25, 0.3) is 21.5 Å². The monoisotopic (exact) mass is 554 g/mol. The molecule has 18 heteroatoms. The van der Waals surface area contributed by atoms with Gasteiger partial charge in [0.05, 0.1) is 21.2 Å². The molecule has 0 fully saturated rings. The summed E-state index contributed by atoms with van der Waals surface area (Å²) in [5, 5.41) is 37.5. The van der Waals surface area contributed by atoms with Crippen LogP contribution in [-0.2, 0) is 10.1 Å². The molecule has 5 N–H and O–H groups in total. The Balaban J connectivity index is 2.19. The van der Waals surface area contributed by atoms with Gasteiger partial charge in [0, 0.05) is 22.2 Å². The van der Waals surface area contributed by atoms with E-state index in [1.807, 2.05) is 0 Å². The SMILES string of the molecule is Nc1c(N=Nc2ccc(Cl)cc2[N+](=O)[O-])cc(S(=O)(=O)O)c(N)c1N=Nc1ccc(Cl)cc1[N+](=O)[O-]. The number of hydrogen-bond acceptors (Lipinski definition) is 12. The van der Waals surface area contributed by atoms with Crippen LogP contribution in [0.3, 0.4) is 0 Å². The molecular weight excluding hydrogens is 543 g/mol. The minimum absolute atomic E-state index is 0.0482. The Morgan fingerprint density at radius 3 is 1.64 bits per heavy atom. The summed E-state index contributed by atoms with van der Waals surface area (Å²) in [6, 6.07) is 7.74. The lowest BCUT2D eigenvalue weighted by Crippen LogP contribution is -2.05. The Kier molecular flexibility index (Phi) is 7.44. The van der Waals surface area contributed by atoms with E-state index in [9.17, 15) is 33.2 Å². The summed E-state index contributed by atoms with van der Waals surface area (Å²) in [5.74, 6) is 0. The molecule has 0 atom stereocenters. The van der Waals surface area contributed by atoms with Crippen LogP contribution in [0.15, 0.2) is 67.8 Å². The van der Waals surface area contributed by atoms with E-state index in [2.05, 4.69) is 20.5 Å². The Morgan fingerprint density at radius 1 is 0.750 bits per heavy atom. The first-order valence-corrected chi connectivity index (χ1v) is 11.4. The van der Waals surface area contributed by atoms with Gasteiger partial charge in [-0.25, -0.2) is 0 Å². The maximum absolute atomic E-state index is 11.9. The van der Waals surface area contributed by atoms with Crippen LogP contribution in [0.25, 0.3) is 0 Å². The van der Waals surface area contributed by atoms with Crippen LogP contribution >= 0.6 is 23.2 Å². The minimum Gasteiger partial charge on any atom is -0.396 e. The van der Waals surface area contributed by atoms with E-state index in [1.54, 1.807) is 0 Å². The summed E-state index contributed by atoms with van der Waals surface area (Å²) in [5.41, 5.74) is 8.25. The molecule has 3 aromatic carbocycles. The van der Waals surface area contributed by atoms with Crippen molar-refractivity contribution in [3.8, 4) is 0 Å². The number of halogens is 2. The van der Waals surface area contributed by atoms with Crippen molar-refractivity contribution in [1.82, 2.24) is 0 Å². The smallest absolute Gasteiger partial charge is 0.298 e. The number of azo groups is 2. The van der Waals surface area contributed by atoms with Gasteiger partial charge < -0.3 is 11.5 Å². The second-order valence-electron chi connectivity index (χ2n) is 6.73. The number of nitro groups is 2. The summed E-state index contributed by atoms with van der Waals surface area (Å²) in [7, 11) is -4.95. The van der Waals surface area contributed by atoms with Gasteiger partial charge in [-0.2, -0.15) is 8.42 Å². The van der Waals surface area contributed by atoms with Crippen molar-refractivity contribution < 1.29 is 22.8 Å². The number of anilines is 2.